The van der Waals surface area contributed by atoms with E-state index in [0.717, 1.165) is 24.3 Å². The van der Waals surface area contributed by atoms with Crippen LogP contribution in [0.5, 0.6) is 11.5 Å². The molecule has 10 nitrogen and oxygen atoms in total. The minimum absolute atomic E-state index is 0.00277. The van der Waals surface area contributed by atoms with E-state index in [2.05, 4.69) is 20.4 Å². The van der Waals surface area contributed by atoms with Crippen molar-refractivity contribution in [1.82, 2.24) is 25.1 Å². The molecule has 0 unspecified atom stereocenters. The van der Waals surface area contributed by atoms with Gasteiger partial charge in [-0.3, -0.25) is 4.79 Å². The molecule has 212 valence electrons. The summed E-state index contributed by atoms with van der Waals surface area (Å²) in [4.78, 5) is 30.8. The monoisotopic (exact) mass is 574 g/mol. The van der Waals surface area contributed by atoms with Crippen LogP contribution in [0.2, 0.25) is 0 Å². The van der Waals surface area contributed by atoms with Gasteiger partial charge >= 0.3 is 5.97 Å². The molecule has 5 rings (SSSR count). The lowest BCUT2D eigenvalue weighted by Gasteiger charge is -2.13. The third kappa shape index (κ3) is 5.37. The summed E-state index contributed by atoms with van der Waals surface area (Å²) < 4.78 is 76.9. The Morgan fingerprint density at radius 3 is 2.44 bits per heavy atom. The molecule has 2 aromatic carbocycles. The quantitative estimate of drug-likeness (QED) is 0.167. The maximum absolute atomic E-state index is 15.3. The molecule has 0 saturated heterocycles. The van der Waals surface area contributed by atoms with E-state index in [1.807, 2.05) is 0 Å². The zero-order valence-electron chi connectivity index (χ0n) is 20.7. The normalized spacial score (nSPS) is 16.9. The van der Waals surface area contributed by atoms with Crippen LogP contribution in [0.1, 0.15) is 25.3 Å². The number of ether oxygens (including phenoxy) is 1. The lowest BCUT2D eigenvalue weighted by Crippen LogP contribution is -2.31. The third-order valence-corrected chi connectivity index (χ3v) is 6.48. The summed E-state index contributed by atoms with van der Waals surface area (Å²) in [6, 6.07) is 2.49. The zero-order valence-corrected chi connectivity index (χ0v) is 20.7. The number of carboxylic acids is 1. The van der Waals surface area contributed by atoms with Gasteiger partial charge in [0.15, 0.2) is 17.3 Å². The average molecular weight is 574 g/mol. The number of anilines is 1. The van der Waals surface area contributed by atoms with Crippen molar-refractivity contribution in [3.63, 3.8) is 0 Å². The minimum Gasteiger partial charge on any atom is -0.478 e. The van der Waals surface area contributed by atoms with Crippen LogP contribution < -0.4 is 15.8 Å². The summed E-state index contributed by atoms with van der Waals surface area (Å²) >= 11 is 0. The molecule has 41 heavy (non-hydrogen) atoms. The molecule has 2 atom stereocenters. The van der Waals surface area contributed by atoms with Gasteiger partial charge in [-0.15, -0.1) is 0 Å². The van der Waals surface area contributed by atoms with E-state index in [4.69, 9.17) is 15.6 Å². The van der Waals surface area contributed by atoms with Crippen molar-refractivity contribution in [2.45, 2.75) is 31.3 Å². The number of halogens is 5. The molecule has 1 aliphatic rings. The van der Waals surface area contributed by atoms with Crippen molar-refractivity contribution in [3.8, 4) is 22.8 Å². The van der Waals surface area contributed by atoms with Crippen LogP contribution in [0, 0.1) is 29.1 Å². The number of nitrogens with one attached hydrogen (secondary N) is 1. The molecular weight excluding hydrogens is 555 g/mol. The molecule has 4 N–H and O–H groups in total. The van der Waals surface area contributed by atoms with Gasteiger partial charge in [-0.05, 0) is 31.4 Å². The highest BCUT2D eigenvalue weighted by atomic mass is 19.2. The highest BCUT2D eigenvalue weighted by Crippen LogP contribution is 2.39. The van der Waals surface area contributed by atoms with Crippen molar-refractivity contribution in [1.29, 1.82) is 0 Å². The summed E-state index contributed by atoms with van der Waals surface area (Å²) in [5.41, 5.74) is 6.32. The van der Waals surface area contributed by atoms with E-state index < -0.39 is 52.5 Å². The van der Waals surface area contributed by atoms with Gasteiger partial charge in [-0.1, -0.05) is 0 Å². The predicted octanol–water partition coefficient (Wildman–Crippen LogP) is 4.41. The first-order chi connectivity index (χ1) is 19.5. The molecule has 1 amide bonds. The first-order valence-electron chi connectivity index (χ1n) is 12.0. The Morgan fingerprint density at radius 1 is 1.02 bits per heavy atom. The Bertz CT molecular complexity index is 1700. The number of hydrogen-bond acceptors (Lipinski definition) is 7. The van der Waals surface area contributed by atoms with Gasteiger partial charge in [0.05, 0.1) is 11.4 Å². The Balaban J connectivity index is 1.45. The van der Waals surface area contributed by atoms with Crippen LogP contribution in [-0.2, 0) is 9.59 Å². The number of hydrogen-bond donors (Lipinski definition) is 3. The summed E-state index contributed by atoms with van der Waals surface area (Å²) in [5.74, 6) is -11.6. The largest absolute Gasteiger partial charge is 0.478 e. The second kappa shape index (κ2) is 10.8. The number of nitrogens with zero attached hydrogens (tertiary/aromatic N) is 4. The van der Waals surface area contributed by atoms with Gasteiger partial charge in [0.25, 0.3) is 0 Å². The fourth-order valence-electron chi connectivity index (χ4n) is 4.66. The summed E-state index contributed by atoms with van der Waals surface area (Å²) in [5, 5.41) is 16.2. The molecular formula is C26H19F5N6O4. The number of aliphatic carboxylic acids is 1. The van der Waals surface area contributed by atoms with Crippen LogP contribution in [0.3, 0.4) is 0 Å². The summed E-state index contributed by atoms with van der Waals surface area (Å²) in [6.07, 6.45) is 4.34. The molecule has 4 aromatic rings. The molecule has 2 aromatic heterocycles. The molecule has 15 heteroatoms. The van der Waals surface area contributed by atoms with Gasteiger partial charge in [-0.25, -0.2) is 32.6 Å². The van der Waals surface area contributed by atoms with Gasteiger partial charge in [0, 0.05) is 35.9 Å². The fraction of sp³-hybridized carbons (Fsp3) is 0.192. The van der Waals surface area contributed by atoms with Gasteiger partial charge in [0.1, 0.15) is 29.4 Å². The molecule has 1 saturated carbocycles. The standard InChI is InChI=1S/C26H19F5N6O4/c27-15-8-13(41-24-21(30)16(28)9-17(29)22(24)31)3-4-14(15)23-20-25(32)33-10-34-26(20)37(36-23)12-2-1-11(7-12)35-18(38)5-6-19(39)40/h3-6,8-12H,1-2,7H2,(H,35,38)(H,39,40)(H2,32,33,34)/t11-,12-/m0/s1. The van der Waals surface area contributed by atoms with Crippen molar-refractivity contribution in [2.75, 3.05) is 5.73 Å². The van der Waals surface area contributed by atoms with Crippen LogP contribution in [0.25, 0.3) is 22.3 Å². The SMILES string of the molecule is Nc1ncnc2c1c(-c1ccc(Oc3c(F)c(F)cc(F)c3F)cc1F)nn2[C@H]1CC[C@H](NC(=O)C=CC(=O)O)C1. The third-order valence-electron chi connectivity index (χ3n) is 6.48. The molecule has 0 bridgehead atoms. The molecule has 0 radical (unpaired) electrons. The number of carboxylic acid groups (broad SMARTS) is 1. The second-order valence-electron chi connectivity index (χ2n) is 9.14. The molecule has 2 heterocycles. The van der Waals surface area contributed by atoms with Crippen LogP contribution in [0.15, 0.2) is 42.7 Å². The summed E-state index contributed by atoms with van der Waals surface area (Å²) in [7, 11) is 0. The number of benzene rings is 2. The van der Waals surface area contributed by atoms with Crippen molar-refractivity contribution in [3.05, 3.63) is 71.8 Å². The number of amides is 1. The smallest absolute Gasteiger partial charge is 0.328 e. The number of fused-ring (bicyclic) bond motifs is 1. The first-order valence-corrected chi connectivity index (χ1v) is 12.0. The maximum atomic E-state index is 15.3. The van der Waals surface area contributed by atoms with E-state index in [-0.39, 0.29) is 46.3 Å². The maximum Gasteiger partial charge on any atom is 0.328 e. The second-order valence-corrected chi connectivity index (χ2v) is 9.14. The Morgan fingerprint density at radius 2 is 1.76 bits per heavy atom. The van der Waals surface area contributed by atoms with Crippen molar-refractivity contribution >= 4 is 28.7 Å². The molecule has 1 fully saturated rings. The topological polar surface area (TPSA) is 145 Å². The van der Waals surface area contributed by atoms with E-state index in [0.29, 0.717) is 19.3 Å². The fourth-order valence-corrected chi connectivity index (χ4v) is 4.66. The number of carbonyl (C=O) groups is 2. The molecule has 0 spiro atoms. The van der Waals surface area contributed by atoms with E-state index in [9.17, 15) is 27.2 Å². The Labute approximate surface area is 227 Å². The first kappa shape index (κ1) is 27.5. The van der Waals surface area contributed by atoms with E-state index in [1.54, 1.807) is 0 Å². The number of nitrogens with two attached hydrogens (primary N) is 1. The Hall–Kier alpha value is -5.08. The van der Waals surface area contributed by atoms with Crippen molar-refractivity contribution in [2.24, 2.45) is 0 Å². The predicted molar refractivity (Wildman–Crippen MR) is 133 cm³/mol. The molecule has 1 aliphatic carbocycles. The number of carbonyl (C=O) groups excluding carboxylic acids is 1. The number of aromatic nitrogens is 4. The number of rotatable bonds is 7. The van der Waals surface area contributed by atoms with Gasteiger partial charge in [-0.2, -0.15) is 13.9 Å². The van der Waals surface area contributed by atoms with E-state index in [1.165, 1.54) is 17.1 Å². The van der Waals surface area contributed by atoms with Crippen LogP contribution in [-0.4, -0.2) is 42.8 Å². The van der Waals surface area contributed by atoms with Crippen molar-refractivity contribution < 1.29 is 41.4 Å². The molecule has 0 aliphatic heterocycles. The lowest BCUT2D eigenvalue weighted by molar-refractivity contribution is -0.131. The number of nitrogen functional groups attached to an aromatic ring is 1. The van der Waals surface area contributed by atoms with E-state index >= 15 is 4.39 Å². The zero-order chi connectivity index (χ0) is 29.4. The lowest BCUT2D eigenvalue weighted by atomic mass is 10.1. The average Bonchev–Trinajstić information content (AvgIpc) is 3.54. The van der Waals surface area contributed by atoms with Crippen LogP contribution in [0.4, 0.5) is 27.8 Å². The highest BCUT2D eigenvalue weighted by Gasteiger charge is 2.31. The van der Waals surface area contributed by atoms with Gasteiger partial charge < -0.3 is 20.9 Å². The highest BCUT2D eigenvalue weighted by molar-refractivity contribution is 5.98. The van der Waals surface area contributed by atoms with Crippen LogP contribution >= 0.6 is 0 Å². The minimum atomic E-state index is -1.79. The Kier molecular flexibility index (Phi) is 7.26. The summed E-state index contributed by atoms with van der Waals surface area (Å²) in [6.45, 7) is 0. The van der Waals surface area contributed by atoms with Gasteiger partial charge in [0.2, 0.25) is 23.3 Å².